The Hall–Kier alpha value is -2.33. The van der Waals surface area contributed by atoms with Crippen LogP contribution in [0.4, 0.5) is 14.9 Å². The topological polar surface area (TPSA) is 88.2 Å². The maximum absolute atomic E-state index is 14.4. The molecule has 8 nitrogen and oxygen atoms in total. The number of benzene rings is 1. The zero-order chi connectivity index (χ0) is 23.5. The van der Waals surface area contributed by atoms with Gasteiger partial charge in [-0.25, -0.2) is 17.6 Å². The standard InChI is InChI=1S/C22H32FN3O5S/c1-22(2,3)30-21(27)26-13-9-17(10-14-26)31-24-16-7-11-25(12-8-16)20-6-5-18(15-19(20)23)32(4,28)29/h5-7,15,17,24H,8-14H2,1-4H3. The molecular weight excluding hydrogens is 437 g/mol. The Morgan fingerprint density at radius 1 is 1.19 bits per heavy atom. The van der Waals surface area contributed by atoms with Crippen molar-refractivity contribution in [2.24, 2.45) is 0 Å². The normalized spacial score (nSPS) is 18.3. The van der Waals surface area contributed by atoms with Gasteiger partial charge in [-0.05, 0) is 57.9 Å². The minimum absolute atomic E-state index is 0.00593. The second kappa shape index (κ2) is 9.66. The predicted octanol–water partition coefficient (Wildman–Crippen LogP) is 3.24. The first-order chi connectivity index (χ1) is 14.9. The monoisotopic (exact) mass is 469 g/mol. The van der Waals surface area contributed by atoms with Crippen molar-refractivity contribution in [3.8, 4) is 0 Å². The van der Waals surface area contributed by atoms with Crippen LogP contribution in [0.25, 0.3) is 0 Å². The summed E-state index contributed by atoms with van der Waals surface area (Å²) in [6, 6.07) is 4.00. The van der Waals surface area contributed by atoms with Crippen molar-refractivity contribution < 1.29 is 27.2 Å². The highest BCUT2D eigenvalue weighted by molar-refractivity contribution is 7.90. The number of rotatable bonds is 5. The van der Waals surface area contributed by atoms with Gasteiger partial charge in [-0.15, -0.1) is 0 Å². The average molecular weight is 470 g/mol. The molecule has 2 aliphatic rings. The number of sulfone groups is 1. The van der Waals surface area contributed by atoms with Gasteiger partial charge >= 0.3 is 6.09 Å². The maximum atomic E-state index is 14.4. The van der Waals surface area contributed by atoms with Crippen molar-refractivity contribution in [3.63, 3.8) is 0 Å². The molecule has 1 aromatic rings. The van der Waals surface area contributed by atoms with E-state index in [-0.39, 0.29) is 17.1 Å². The minimum Gasteiger partial charge on any atom is -0.444 e. The minimum atomic E-state index is -3.44. The van der Waals surface area contributed by atoms with E-state index < -0.39 is 21.3 Å². The van der Waals surface area contributed by atoms with E-state index in [2.05, 4.69) is 5.48 Å². The number of anilines is 1. The number of amides is 1. The van der Waals surface area contributed by atoms with Gasteiger partial charge in [0.1, 0.15) is 11.4 Å². The molecule has 0 bridgehead atoms. The Balaban J connectivity index is 1.46. The fourth-order valence-corrected chi connectivity index (χ4v) is 4.23. The Morgan fingerprint density at radius 3 is 2.41 bits per heavy atom. The lowest BCUT2D eigenvalue weighted by atomic mass is 10.1. The molecule has 0 spiro atoms. The lowest BCUT2D eigenvalue weighted by Gasteiger charge is -2.34. The van der Waals surface area contributed by atoms with Crippen molar-refractivity contribution in [2.75, 3.05) is 37.3 Å². The molecule has 2 heterocycles. The first kappa shape index (κ1) is 24.3. The first-order valence-electron chi connectivity index (χ1n) is 10.8. The number of carbonyl (C=O) groups excluding carboxylic acids is 1. The van der Waals surface area contributed by atoms with Crippen LogP contribution in [0.3, 0.4) is 0 Å². The van der Waals surface area contributed by atoms with Gasteiger partial charge in [0.25, 0.3) is 0 Å². The molecule has 32 heavy (non-hydrogen) atoms. The lowest BCUT2D eigenvalue weighted by Crippen LogP contribution is -2.44. The number of ether oxygens (including phenoxy) is 1. The molecule has 2 aliphatic heterocycles. The molecule has 1 N–H and O–H groups in total. The summed E-state index contributed by atoms with van der Waals surface area (Å²) in [7, 11) is -3.44. The third-order valence-electron chi connectivity index (χ3n) is 5.35. The van der Waals surface area contributed by atoms with Crippen LogP contribution >= 0.6 is 0 Å². The van der Waals surface area contributed by atoms with Gasteiger partial charge in [0, 0.05) is 44.6 Å². The molecule has 3 rings (SSSR count). The fraction of sp³-hybridized carbons (Fsp3) is 0.591. The summed E-state index contributed by atoms with van der Waals surface area (Å²) in [5.74, 6) is -0.550. The van der Waals surface area contributed by atoms with Gasteiger partial charge in [-0.1, -0.05) is 0 Å². The van der Waals surface area contributed by atoms with Gasteiger partial charge < -0.3 is 14.5 Å². The molecule has 0 unspecified atom stereocenters. The van der Waals surface area contributed by atoms with E-state index in [0.29, 0.717) is 51.1 Å². The molecule has 0 radical (unpaired) electrons. The van der Waals surface area contributed by atoms with E-state index in [4.69, 9.17) is 9.57 Å². The highest BCUT2D eigenvalue weighted by Gasteiger charge is 2.27. The lowest BCUT2D eigenvalue weighted by molar-refractivity contribution is -0.0457. The molecule has 1 fully saturated rings. The van der Waals surface area contributed by atoms with Crippen LogP contribution in [0.2, 0.25) is 0 Å². The molecule has 0 saturated carbocycles. The van der Waals surface area contributed by atoms with Gasteiger partial charge in [0.05, 0.1) is 16.7 Å². The smallest absolute Gasteiger partial charge is 0.410 e. The zero-order valence-corrected chi connectivity index (χ0v) is 19.9. The van der Waals surface area contributed by atoms with Crippen molar-refractivity contribution in [1.29, 1.82) is 0 Å². The number of likely N-dealkylation sites (tertiary alicyclic amines) is 1. The number of hydrogen-bond donors (Lipinski definition) is 1. The number of piperidine rings is 1. The number of carbonyl (C=O) groups is 1. The molecule has 10 heteroatoms. The van der Waals surface area contributed by atoms with Crippen molar-refractivity contribution >= 4 is 21.6 Å². The van der Waals surface area contributed by atoms with Crippen LogP contribution in [-0.2, 0) is 19.4 Å². The van der Waals surface area contributed by atoms with Crippen LogP contribution in [0.1, 0.15) is 40.0 Å². The number of hydrogen-bond acceptors (Lipinski definition) is 7. The fourth-order valence-electron chi connectivity index (χ4n) is 3.60. The number of halogens is 1. The number of nitrogens with zero attached hydrogens (tertiary/aromatic N) is 2. The summed E-state index contributed by atoms with van der Waals surface area (Å²) in [5.41, 5.74) is 3.81. The van der Waals surface area contributed by atoms with Crippen LogP contribution in [0.5, 0.6) is 0 Å². The number of hydroxylamine groups is 1. The molecular formula is C22H32FN3O5S. The molecule has 0 aliphatic carbocycles. The van der Waals surface area contributed by atoms with Crippen LogP contribution in [0, 0.1) is 5.82 Å². The molecule has 0 atom stereocenters. The summed E-state index contributed by atoms with van der Waals surface area (Å²) in [6.07, 6.45) is 4.76. The average Bonchev–Trinajstić information content (AvgIpc) is 2.71. The maximum Gasteiger partial charge on any atom is 0.410 e. The Labute approximate surface area is 189 Å². The van der Waals surface area contributed by atoms with Crippen LogP contribution < -0.4 is 10.4 Å². The summed E-state index contributed by atoms with van der Waals surface area (Å²) in [4.78, 5) is 21.5. The van der Waals surface area contributed by atoms with E-state index in [0.717, 1.165) is 18.0 Å². The third-order valence-corrected chi connectivity index (χ3v) is 6.46. The van der Waals surface area contributed by atoms with Gasteiger partial charge in [-0.3, -0.25) is 10.3 Å². The molecule has 178 valence electrons. The van der Waals surface area contributed by atoms with Crippen molar-refractivity contribution in [1.82, 2.24) is 10.4 Å². The van der Waals surface area contributed by atoms with Gasteiger partial charge in [0.2, 0.25) is 0 Å². The summed E-state index contributed by atoms with van der Waals surface area (Å²) in [6.45, 7) is 7.77. The van der Waals surface area contributed by atoms with Crippen molar-refractivity contribution in [2.45, 2.75) is 56.6 Å². The van der Waals surface area contributed by atoms with E-state index in [1.54, 1.807) is 4.90 Å². The van der Waals surface area contributed by atoms with Crippen molar-refractivity contribution in [3.05, 3.63) is 35.8 Å². The summed E-state index contributed by atoms with van der Waals surface area (Å²) >= 11 is 0. The Bertz CT molecular complexity index is 966. The SMILES string of the molecule is CC(C)(C)OC(=O)N1CCC(ONC2=CCN(c3ccc(S(C)(=O)=O)cc3F)CC2)CC1. The van der Waals surface area contributed by atoms with Crippen LogP contribution in [0.15, 0.2) is 34.9 Å². The van der Waals surface area contributed by atoms with Gasteiger partial charge in [0.15, 0.2) is 9.84 Å². The second-order valence-electron chi connectivity index (χ2n) is 9.20. The van der Waals surface area contributed by atoms with E-state index >= 15 is 0 Å². The highest BCUT2D eigenvalue weighted by Crippen LogP contribution is 2.25. The Kier molecular flexibility index (Phi) is 7.34. The molecule has 1 aromatic carbocycles. The third kappa shape index (κ3) is 6.59. The largest absolute Gasteiger partial charge is 0.444 e. The Morgan fingerprint density at radius 2 is 1.88 bits per heavy atom. The molecule has 1 saturated heterocycles. The van der Waals surface area contributed by atoms with E-state index in [1.807, 2.05) is 31.7 Å². The van der Waals surface area contributed by atoms with Crippen LogP contribution in [-0.4, -0.2) is 63.6 Å². The molecule has 1 amide bonds. The number of nitrogens with one attached hydrogen (secondary N) is 1. The summed E-state index contributed by atoms with van der Waals surface area (Å²) < 4.78 is 43.0. The zero-order valence-electron chi connectivity index (χ0n) is 19.1. The highest BCUT2D eigenvalue weighted by atomic mass is 32.2. The first-order valence-corrected chi connectivity index (χ1v) is 12.6. The predicted molar refractivity (Wildman–Crippen MR) is 119 cm³/mol. The quantitative estimate of drug-likeness (QED) is 0.663. The van der Waals surface area contributed by atoms with E-state index in [1.165, 1.54) is 12.1 Å². The van der Waals surface area contributed by atoms with Gasteiger partial charge in [-0.2, -0.15) is 0 Å². The molecule has 0 aromatic heterocycles. The second-order valence-corrected chi connectivity index (χ2v) is 11.2. The summed E-state index contributed by atoms with van der Waals surface area (Å²) in [5, 5.41) is 0. The van der Waals surface area contributed by atoms with E-state index in [9.17, 15) is 17.6 Å².